The third-order valence-electron chi connectivity index (χ3n) is 1.29. The molecule has 60 valence electrons. The van der Waals surface area contributed by atoms with Gasteiger partial charge in [0.2, 0.25) is 0 Å². The Hall–Kier alpha value is -0.570. The summed E-state index contributed by atoms with van der Waals surface area (Å²) >= 11 is 0. The molecule has 0 rings (SSSR count). The van der Waals surface area contributed by atoms with Gasteiger partial charge >= 0.3 is 5.97 Å². The molecule has 0 radical (unpaired) electrons. The lowest BCUT2D eigenvalue weighted by molar-refractivity contribution is -0.152. The second-order valence-electron chi connectivity index (χ2n) is 2.29. The summed E-state index contributed by atoms with van der Waals surface area (Å²) in [5, 5.41) is 8.89. The van der Waals surface area contributed by atoms with Crippen molar-refractivity contribution < 1.29 is 14.6 Å². The van der Waals surface area contributed by atoms with Crippen molar-refractivity contribution in [1.29, 1.82) is 0 Å². The fourth-order valence-corrected chi connectivity index (χ4v) is 0.389. The SMILES string of the molecule is CCC(=O)O[C@H](C)C(C)O. The molecule has 0 heterocycles. The second-order valence-corrected chi connectivity index (χ2v) is 2.29. The number of aliphatic hydroxyl groups is 1. The zero-order chi connectivity index (χ0) is 8.15. The largest absolute Gasteiger partial charge is 0.460 e. The molecule has 0 fully saturated rings. The average molecular weight is 146 g/mol. The standard InChI is InChI=1S/C7H14O3/c1-4-7(9)10-6(3)5(2)8/h5-6,8H,4H2,1-3H3/t5?,6-/m1/s1. The van der Waals surface area contributed by atoms with E-state index in [0.29, 0.717) is 6.42 Å². The maximum atomic E-state index is 10.6. The molecule has 0 aromatic rings. The molecule has 1 N–H and O–H groups in total. The van der Waals surface area contributed by atoms with E-state index < -0.39 is 12.2 Å². The lowest BCUT2D eigenvalue weighted by atomic mass is 10.2. The number of aliphatic hydroxyl groups excluding tert-OH is 1. The monoisotopic (exact) mass is 146 g/mol. The predicted octanol–water partition coefficient (Wildman–Crippen LogP) is 0.709. The smallest absolute Gasteiger partial charge is 0.305 e. The van der Waals surface area contributed by atoms with Gasteiger partial charge < -0.3 is 9.84 Å². The Balaban J connectivity index is 3.57. The fourth-order valence-electron chi connectivity index (χ4n) is 0.389. The van der Waals surface area contributed by atoms with Crippen LogP contribution in [-0.4, -0.2) is 23.3 Å². The third kappa shape index (κ3) is 3.45. The first-order valence-electron chi connectivity index (χ1n) is 3.45. The minimum atomic E-state index is -0.588. The molecule has 2 atom stereocenters. The minimum Gasteiger partial charge on any atom is -0.460 e. The van der Waals surface area contributed by atoms with E-state index in [4.69, 9.17) is 9.84 Å². The highest BCUT2D eigenvalue weighted by Gasteiger charge is 2.11. The molecule has 0 aromatic heterocycles. The number of rotatable bonds is 3. The average Bonchev–Trinajstić information content (AvgIpc) is 1.87. The quantitative estimate of drug-likeness (QED) is 0.596. The van der Waals surface area contributed by atoms with Crippen LogP contribution in [0.5, 0.6) is 0 Å². The molecule has 0 aliphatic carbocycles. The summed E-state index contributed by atoms with van der Waals surface area (Å²) in [6.07, 6.45) is -0.625. The van der Waals surface area contributed by atoms with E-state index in [0.717, 1.165) is 0 Å². The van der Waals surface area contributed by atoms with Crippen LogP contribution in [0.3, 0.4) is 0 Å². The van der Waals surface area contributed by atoms with Crippen molar-refractivity contribution in [2.45, 2.75) is 39.4 Å². The van der Waals surface area contributed by atoms with Crippen molar-refractivity contribution >= 4 is 5.97 Å². The Morgan fingerprint density at radius 3 is 2.40 bits per heavy atom. The predicted molar refractivity (Wildman–Crippen MR) is 37.5 cm³/mol. The van der Waals surface area contributed by atoms with Crippen molar-refractivity contribution in [2.75, 3.05) is 0 Å². The minimum absolute atomic E-state index is 0.270. The van der Waals surface area contributed by atoms with Gasteiger partial charge in [-0.1, -0.05) is 6.92 Å². The third-order valence-corrected chi connectivity index (χ3v) is 1.29. The van der Waals surface area contributed by atoms with E-state index in [9.17, 15) is 4.79 Å². The molecule has 0 amide bonds. The second kappa shape index (κ2) is 4.28. The summed E-state index contributed by atoms with van der Waals surface area (Å²) in [6, 6.07) is 0. The van der Waals surface area contributed by atoms with E-state index in [-0.39, 0.29) is 5.97 Å². The van der Waals surface area contributed by atoms with Gasteiger partial charge in [0.15, 0.2) is 0 Å². The number of carbonyl (C=O) groups is 1. The van der Waals surface area contributed by atoms with Crippen LogP contribution in [0.15, 0.2) is 0 Å². The van der Waals surface area contributed by atoms with Crippen molar-refractivity contribution in [1.82, 2.24) is 0 Å². The lowest BCUT2D eigenvalue weighted by Crippen LogP contribution is -2.25. The highest BCUT2D eigenvalue weighted by atomic mass is 16.6. The van der Waals surface area contributed by atoms with Crippen LogP contribution in [-0.2, 0) is 9.53 Å². The highest BCUT2D eigenvalue weighted by molar-refractivity contribution is 5.69. The Labute approximate surface area is 61.0 Å². The molecule has 0 aliphatic rings. The van der Waals surface area contributed by atoms with Crippen molar-refractivity contribution in [2.24, 2.45) is 0 Å². The molecular weight excluding hydrogens is 132 g/mol. The number of carbonyl (C=O) groups excluding carboxylic acids is 1. The first kappa shape index (κ1) is 9.43. The van der Waals surface area contributed by atoms with Crippen LogP contribution >= 0.6 is 0 Å². The van der Waals surface area contributed by atoms with Gasteiger partial charge in [0, 0.05) is 6.42 Å². The summed E-state index contributed by atoms with van der Waals surface area (Å²) in [5.41, 5.74) is 0. The van der Waals surface area contributed by atoms with Gasteiger partial charge in [0.25, 0.3) is 0 Å². The van der Waals surface area contributed by atoms with E-state index in [2.05, 4.69) is 0 Å². The van der Waals surface area contributed by atoms with Crippen LogP contribution in [0, 0.1) is 0 Å². The van der Waals surface area contributed by atoms with Gasteiger partial charge in [-0.2, -0.15) is 0 Å². The van der Waals surface area contributed by atoms with Gasteiger partial charge in [-0.05, 0) is 13.8 Å². The Kier molecular flexibility index (Phi) is 4.03. The van der Waals surface area contributed by atoms with Gasteiger partial charge in [-0.3, -0.25) is 4.79 Å². The van der Waals surface area contributed by atoms with Crippen molar-refractivity contribution in [3.63, 3.8) is 0 Å². The Bertz CT molecular complexity index is 109. The maximum Gasteiger partial charge on any atom is 0.305 e. The number of esters is 1. The maximum absolute atomic E-state index is 10.6. The Morgan fingerprint density at radius 2 is 2.10 bits per heavy atom. The number of hydrogen-bond donors (Lipinski definition) is 1. The molecule has 0 aromatic carbocycles. The van der Waals surface area contributed by atoms with Crippen LogP contribution < -0.4 is 0 Å². The first-order chi connectivity index (χ1) is 4.57. The Morgan fingerprint density at radius 1 is 1.60 bits per heavy atom. The van der Waals surface area contributed by atoms with Crippen LogP contribution in [0.1, 0.15) is 27.2 Å². The summed E-state index contributed by atoms with van der Waals surface area (Å²) in [4.78, 5) is 10.6. The van der Waals surface area contributed by atoms with E-state index in [1.807, 2.05) is 0 Å². The zero-order valence-corrected chi connectivity index (χ0v) is 6.63. The van der Waals surface area contributed by atoms with Gasteiger partial charge in [0.1, 0.15) is 6.10 Å². The summed E-state index contributed by atoms with van der Waals surface area (Å²) in [6.45, 7) is 4.98. The van der Waals surface area contributed by atoms with Crippen molar-refractivity contribution in [3.05, 3.63) is 0 Å². The van der Waals surface area contributed by atoms with Crippen molar-refractivity contribution in [3.8, 4) is 0 Å². The number of ether oxygens (including phenoxy) is 1. The molecule has 0 bridgehead atoms. The van der Waals surface area contributed by atoms with E-state index >= 15 is 0 Å². The molecule has 0 saturated heterocycles. The molecule has 3 nitrogen and oxygen atoms in total. The van der Waals surface area contributed by atoms with Gasteiger partial charge in [0.05, 0.1) is 6.10 Å². The molecule has 0 aliphatic heterocycles. The zero-order valence-electron chi connectivity index (χ0n) is 6.63. The molecule has 3 heteroatoms. The molecule has 10 heavy (non-hydrogen) atoms. The number of hydrogen-bond acceptors (Lipinski definition) is 3. The van der Waals surface area contributed by atoms with E-state index in [1.54, 1.807) is 20.8 Å². The van der Waals surface area contributed by atoms with Gasteiger partial charge in [-0.25, -0.2) is 0 Å². The molecule has 1 unspecified atom stereocenters. The van der Waals surface area contributed by atoms with E-state index in [1.165, 1.54) is 0 Å². The fraction of sp³-hybridized carbons (Fsp3) is 0.857. The van der Waals surface area contributed by atoms with Crippen LogP contribution in [0.2, 0.25) is 0 Å². The molecule has 0 spiro atoms. The van der Waals surface area contributed by atoms with Crippen LogP contribution in [0.25, 0.3) is 0 Å². The topological polar surface area (TPSA) is 46.5 Å². The highest BCUT2D eigenvalue weighted by Crippen LogP contribution is 1.98. The van der Waals surface area contributed by atoms with Crippen LogP contribution in [0.4, 0.5) is 0 Å². The first-order valence-corrected chi connectivity index (χ1v) is 3.45. The normalized spacial score (nSPS) is 16.0. The lowest BCUT2D eigenvalue weighted by Gasteiger charge is -2.14. The summed E-state index contributed by atoms with van der Waals surface area (Å²) < 4.78 is 4.77. The summed E-state index contributed by atoms with van der Waals surface area (Å²) in [7, 11) is 0. The summed E-state index contributed by atoms with van der Waals surface area (Å²) in [5.74, 6) is -0.270. The molecule has 0 saturated carbocycles. The van der Waals surface area contributed by atoms with Gasteiger partial charge in [-0.15, -0.1) is 0 Å². The molecular formula is C7H14O3.